The molecule has 148 valence electrons. The Balaban J connectivity index is 1.78. The van der Waals surface area contributed by atoms with Crippen LogP contribution in [0.2, 0.25) is 0 Å². The first-order valence-corrected chi connectivity index (χ1v) is 9.46. The quantitative estimate of drug-likeness (QED) is 0.818. The molecule has 3 N–H and O–H groups in total. The Morgan fingerprint density at radius 3 is 2.93 bits per heavy atom. The average Bonchev–Trinajstić information content (AvgIpc) is 3.12. The lowest BCUT2D eigenvalue weighted by atomic mass is 9.96. The number of ether oxygens (including phenoxy) is 2. The standard InChI is InChI=1S/C20H24N4O4/c1-4-20-10-24(9-17(20)23-19(26)28-20)15-5-6-22-14-7-13(18(21)25)16(8-12(14)15)27-11(2)3/h5-8,11,17H,4,9-10H2,1-3H3,(H2,21,25)(H,23,26)/t17-,20+/m1/s1. The first kappa shape index (κ1) is 18.3. The molecular formula is C20H24N4O4. The fraction of sp³-hybridized carbons (Fsp3) is 0.450. The molecule has 0 aliphatic carbocycles. The second kappa shape index (κ2) is 6.54. The number of fused-ring (bicyclic) bond motifs is 2. The average molecular weight is 384 g/mol. The highest BCUT2D eigenvalue weighted by atomic mass is 16.6. The molecule has 2 atom stereocenters. The zero-order valence-electron chi connectivity index (χ0n) is 16.2. The minimum atomic E-state index is -0.554. The molecule has 2 aliphatic rings. The molecule has 1 aromatic heterocycles. The van der Waals surface area contributed by atoms with Gasteiger partial charge in [-0.05, 0) is 38.5 Å². The molecule has 0 bridgehead atoms. The Kier molecular flexibility index (Phi) is 4.28. The molecule has 2 fully saturated rings. The number of rotatable bonds is 5. The van der Waals surface area contributed by atoms with Gasteiger partial charge >= 0.3 is 6.09 Å². The number of hydrogen-bond acceptors (Lipinski definition) is 6. The molecule has 2 aromatic rings. The smallest absolute Gasteiger partial charge is 0.408 e. The predicted molar refractivity (Wildman–Crippen MR) is 105 cm³/mol. The third-order valence-electron chi connectivity index (χ3n) is 5.47. The molecule has 8 heteroatoms. The van der Waals surface area contributed by atoms with Gasteiger partial charge in [-0.15, -0.1) is 0 Å². The van der Waals surface area contributed by atoms with Crippen LogP contribution in [0.5, 0.6) is 5.75 Å². The topological polar surface area (TPSA) is 107 Å². The number of nitrogens with two attached hydrogens (primary N) is 1. The van der Waals surface area contributed by atoms with E-state index in [-0.39, 0.29) is 18.2 Å². The summed E-state index contributed by atoms with van der Waals surface area (Å²) in [6, 6.07) is 5.36. The Hall–Kier alpha value is -3.03. The highest BCUT2D eigenvalue weighted by Crippen LogP contribution is 2.39. The van der Waals surface area contributed by atoms with E-state index in [9.17, 15) is 9.59 Å². The minimum Gasteiger partial charge on any atom is -0.490 e. The van der Waals surface area contributed by atoms with Crippen LogP contribution in [0.4, 0.5) is 10.5 Å². The zero-order chi connectivity index (χ0) is 20.1. The van der Waals surface area contributed by atoms with E-state index >= 15 is 0 Å². The second-order valence-corrected chi connectivity index (χ2v) is 7.61. The third kappa shape index (κ3) is 2.89. The number of hydrogen-bond donors (Lipinski definition) is 2. The summed E-state index contributed by atoms with van der Waals surface area (Å²) in [6.07, 6.45) is 1.97. The molecule has 2 amide bonds. The van der Waals surface area contributed by atoms with Crippen molar-refractivity contribution in [1.82, 2.24) is 10.3 Å². The van der Waals surface area contributed by atoms with Gasteiger partial charge in [0.15, 0.2) is 5.60 Å². The van der Waals surface area contributed by atoms with Crippen LogP contribution in [0.1, 0.15) is 37.6 Å². The molecule has 8 nitrogen and oxygen atoms in total. The van der Waals surface area contributed by atoms with E-state index < -0.39 is 11.5 Å². The fourth-order valence-corrected chi connectivity index (χ4v) is 4.11. The van der Waals surface area contributed by atoms with E-state index in [4.69, 9.17) is 15.2 Å². The number of benzene rings is 1. The number of alkyl carbamates (subject to hydrolysis) is 1. The number of pyridine rings is 1. The second-order valence-electron chi connectivity index (χ2n) is 7.61. The van der Waals surface area contributed by atoms with Crippen molar-refractivity contribution >= 4 is 28.6 Å². The lowest BCUT2D eigenvalue weighted by Gasteiger charge is -2.26. The highest BCUT2D eigenvalue weighted by molar-refractivity contribution is 6.02. The van der Waals surface area contributed by atoms with Crippen molar-refractivity contribution in [2.75, 3.05) is 18.0 Å². The maximum absolute atomic E-state index is 11.9. The summed E-state index contributed by atoms with van der Waals surface area (Å²) < 4.78 is 11.5. The van der Waals surface area contributed by atoms with E-state index in [0.29, 0.717) is 29.9 Å². The number of nitrogens with zero attached hydrogens (tertiary/aromatic N) is 2. The number of aromatic nitrogens is 1. The van der Waals surface area contributed by atoms with Crippen LogP contribution < -0.4 is 20.7 Å². The van der Waals surface area contributed by atoms with Gasteiger partial charge in [0.2, 0.25) is 0 Å². The van der Waals surface area contributed by atoms with Crippen molar-refractivity contribution in [3.05, 3.63) is 30.0 Å². The van der Waals surface area contributed by atoms with Crippen LogP contribution in [0, 0.1) is 0 Å². The molecule has 3 heterocycles. The first-order valence-electron chi connectivity index (χ1n) is 9.46. The van der Waals surface area contributed by atoms with Gasteiger partial charge in [-0.2, -0.15) is 0 Å². The van der Waals surface area contributed by atoms with Crippen LogP contribution in [0.3, 0.4) is 0 Å². The molecule has 0 saturated carbocycles. The SMILES string of the molecule is CC[C@]12CN(c3ccnc4cc(C(N)=O)c(OC(C)C)cc34)C[C@H]1NC(=O)O2. The molecule has 4 rings (SSSR count). The summed E-state index contributed by atoms with van der Waals surface area (Å²) in [4.78, 5) is 30.2. The van der Waals surface area contributed by atoms with Gasteiger partial charge < -0.3 is 25.4 Å². The van der Waals surface area contributed by atoms with Crippen LogP contribution in [0.25, 0.3) is 10.9 Å². The molecule has 2 saturated heterocycles. The summed E-state index contributed by atoms with van der Waals surface area (Å²) in [5.74, 6) is -0.111. The van der Waals surface area contributed by atoms with Crippen molar-refractivity contribution in [3.8, 4) is 5.75 Å². The van der Waals surface area contributed by atoms with Crippen LogP contribution >= 0.6 is 0 Å². The van der Waals surface area contributed by atoms with E-state index in [0.717, 1.165) is 17.5 Å². The normalized spacial score (nSPS) is 23.6. The minimum absolute atomic E-state index is 0.0653. The number of carbonyl (C=O) groups excluding carboxylic acids is 2. The van der Waals surface area contributed by atoms with Crippen molar-refractivity contribution in [2.45, 2.75) is 44.9 Å². The number of nitrogens with one attached hydrogen (secondary N) is 1. The van der Waals surface area contributed by atoms with Crippen LogP contribution in [0.15, 0.2) is 24.4 Å². The van der Waals surface area contributed by atoms with E-state index in [1.807, 2.05) is 32.9 Å². The third-order valence-corrected chi connectivity index (χ3v) is 5.47. The summed E-state index contributed by atoms with van der Waals surface area (Å²) in [5.41, 5.74) is 6.93. The number of primary amides is 1. The van der Waals surface area contributed by atoms with Gasteiger partial charge in [-0.25, -0.2) is 4.79 Å². The maximum atomic E-state index is 11.9. The van der Waals surface area contributed by atoms with Gasteiger partial charge in [-0.1, -0.05) is 6.92 Å². The van der Waals surface area contributed by atoms with Gasteiger partial charge in [0.05, 0.1) is 29.8 Å². The molecule has 0 spiro atoms. The van der Waals surface area contributed by atoms with Crippen LogP contribution in [-0.2, 0) is 4.74 Å². The number of anilines is 1. The molecule has 0 unspecified atom stereocenters. The summed E-state index contributed by atoms with van der Waals surface area (Å²) in [5, 5.41) is 3.77. The zero-order valence-corrected chi connectivity index (χ0v) is 16.2. The first-order chi connectivity index (χ1) is 13.3. The van der Waals surface area contributed by atoms with Gasteiger partial charge in [0, 0.05) is 23.8 Å². The lowest BCUT2D eigenvalue weighted by Crippen LogP contribution is -2.41. The van der Waals surface area contributed by atoms with Crippen molar-refractivity contribution in [3.63, 3.8) is 0 Å². The Morgan fingerprint density at radius 2 is 2.29 bits per heavy atom. The van der Waals surface area contributed by atoms with Gasteiger partial charge in [0.1, 0.15) is 5.75 Å². The fourth-order valence-electron chi connectivity index (χ4n) is 4.11. The monoisotopic (exact) mass is 384 g/mol. The number of amides is 2. The van der Waals surface area contributed by atoms with Gasteiger partial charge in [-0.3, -0.25) is 9.78 Å². The highest BCUT2D eigenvalue weighted by Gasteiger charge is 2.54. The lowest BCUT2D eigenvalue weighted by molar-refractivity contribution is 0.0574. The van der Waals surface area contributed by atoms with E-state index in [1.54, 1.807) is 12.3 Å². The summed E-state index contributed by atoms with van der Waals surface area (Å²) >= 11 is 0. The van der Waals surface area contributed by atoms with E-state index in [2.05, 4.69) is 15.2 Å². The molecule has 28 heavy (non-hydrogen) atoms. The van der Waals surface area contributed by atoms with Crippen LogP contribution in [-0.4, -0.2) is 47.8 Å². The maximum Gasteiger partial charge on any atom is 0.408 e. The van der Waals surface area contributed by atoms with E-state index in [1.165, 1.54) is 0 Å². The Morgan fingerprint density at radius 1 is 1.50 bits per heavy atom. The van der Waals surface area contributed by atoms with Crippen molar-refractivity contribution < 1.29 is 19.1 Å². The summed E-state index contributed by atoms with van der Waals surface area (Å²) in [6.45, 7) is 7.04. The molecule has 0 radical (unpaired) electrons. The van der Waals surface area contributed by atoms with Crippen molar-refractivity contribution in [1.29, 1.82) is 0 Å². The molecular weight excluding hydrogens is 360 g/mol. The predicted octanol–water partition coefficient (Wildman–Crippen LogP) is 2.20. The van der Waals surface area contributed by atoms with Crippen molar-refractivity contribution in [2.24, 2.45) is 5.73 Å². The molecule has 1 aromatic carbocycles. The number of carbonyl (C=O) groups is 2. The Bertz CT molecular complexity index is 961. The Labute approximate surface area is 163 Å². The largest absolute Gasteiger partial charge is 0.490 e. The van der Waals surface area contributed by atoms with Gasteiger partial charge in [0.25, 0.3) is 5.91 Å². The molecule has 2 aliphatic heterocycles. The summed E-state index contributed by atoms with van der Waals surface area (Å²) in [7, 11) is 0.